The van der Waals surface area contributed by atoms with Crippen molar-refractivity contribution < 1.29 is 19.6 Å². The van der Waals surface area contributed by atoms with Gasteiger partial charge in [-0.3, -0.25) is 19.7 Å². The van der Waals surface area contributed by atoms with Crippen LogP contribution in [0.15, 0.2) is 29.2 Å². The van der Waals surface area contributed by atoms with E-state index in [1.165, 1.54) is 28.8 Å². The van der Waals surface area contributed by atoms with E-state index in [1.54, 1.807) is 12.1 Å². The maximum Gasteiger partial charge on any atom is 0.310 e. The number of benzene rings is 1. The van der Waals surface area contributed by atoms with E-state index in [1.807, 2.05) is 0 Å². The standard InChI is InChI=1S/C12H12N2O5S/c15-11(13-5-8(6-13)12(16)17)7-20-10-3-1-9(2-4-10)14(18)19/h1-4,8H,5-7H2,(H,16,17). The highest BCUT2D eigenvalue weighted by Crippen LogP contribution is 2.23. The molecule has 1 N–H and O–H groups in total. The first kappa shape index (κ1) is 14.3. The molecule has 1 heterocycles. The summed E-state index contributed by atoms with van der Waals surface area (Å²) in [5, 5.41) is 19.2. The molecule has 0 atom stereocenters. The van der Waals surface area contributed by atoms with E-state index in [2.05, 4.69) is 0 Å². The van der Waals surface area contributed by atoms with Crippen molar-refractivity contribution in [2.24, 2.45) is 5.92 Å². The lowest BCUT2D eigenvalue weighted by Gasteiger charge is -2.36. The fourth-order valence-corrected chi connectivity index (χ4v) is 2.54. The van der Waals surface area contributed by atoms with Gasteiger partial charge in [0.2, 0.25) is 5.91 Å². The van der Waals surface area contributed by atoms with Crippen LogP contribution in [0, 0.1) is 16.0 Å². The zero-order valence-electron chi connectivity index (χ0n) is 10.4. The summed E-state index contributed by atoms with van der Waals surface area (Å²) < 4.78 is 0. The van der Waals surface area contributed by atoms with Gasteiger partial charge in [0.05, 0.1) is 16.6 Å². The predicted molar refractivity (Wildman–Crippen MR) is 71.5 cm³/mol. The molecule has 0 unspecified atom stereocenters. The molecular weight excluding hydrogens is 284 g/mol. The summed E-state index contributed by atoms with van der Waals surface area (Å²) in [6.45, 7) is 0.518. The third kappa shape index (κ3) is 3.27. The van der Waals surface area contributed by atoms with Crippen LogP contribution in [-0.2, 0) is 9.59 Å². The number of carbonyl (C=O) groups excluding carboxylic acids is 1. The summed E-state index contributed by atoms with van der Waals surface area (Å²) in [7, 11) is 0. The van der Waals surface area contributed by atoms with Gasteiger partial charge in [-0.2, -0.15) is 0 Å². The van der Waals surface area contributed by atoms with Crippen LogP contribution < -0.4 is 0 Å². The van der Waals surface area contributed by atoms with Crippen molar-refractivity contribution in [1.82, 2.24) is 4.90 Å². The van der Waals surface area contributed by atoms with Crippen LogP contribution in [0.25, 0.3) is 0 Å². The summed E-state index contributed by atoms with van der Waals surface area (Å²) >= 11 is 1.27. The molecule has 20 heavy (non-hydrogen) atoms. The maximum absolute atomic E-state index is 11.7. The zero-order chi connectivity index (χ0) is 14.7. The molecule has 1 aliphatic heterocycles. The minimum absolute atomic E-state index is 0.00715. The first-order valence-corrected chi connectivity index (χ1v) is 6.84. The number of carboxylic acid groups (broad SMARTS) is 1. The Kier molecular flexibility index (Phi) is 4.23. The molecule has 1 fully saturated rings. The van der Waals surface area contributed by atoms with Gasteiger partial charge in [-0.15, -0.1) is 11.8 Å². The largest absolute Gasteiger partial charge is 0.481 e. The summed E-state index contributed by atoms with van der Waals surface area (Å²) in [5.41, 5.74) is 0.00715. The first-order chi connectivity index (χ1) is 9.47. The van der Waals surface area contributed by atoms with Gasteiger partial charge in [-0.1, -0.05) is 0 Å². The summed E-state index contributed by atoms with van der Waals surface area (Å²) in [5.74, 6) is -1.25. The third-order valence-corrected chi connectivity index (χ3v) is 3.99. The molecule has 0 saturated carbocycles. The molecule has 0 aliphatic carbocycles. The normalized spacial score (nSPS) is 14.7. The Hall–Kier alpha value is -2.09. The molecular formula is C12H12N2O5S. The average molecular weight is 296 g/mol. The van der Waals surface area contributed by atoms with Gasteiger partial charge in [-0.25, -0.2) is 0 Å². The number of nitro groups is 1. The number of rotatable bonds is 5. The van der Waals surface area contributed by atoms with E-state index >= 15 is 0 Å². The van der Waals surface area contributed by atoms with Crippen molar-refractivity contribution in [3.8, 4) is 0 Å². The number of hydrogen-bond donors (Lipinski definition) is 1. The van der Waals surface area contributed by atoms with Gasteiger partial charge in [-0.05, 0) is 12.1 Å². The zero-order valence-corrected chi connectivity index (χ0v) is 11.2. The van der Waals surface area contributed by atoms with E-state index in [0.29, 0.717) is 0 Å². The van der Waals surface area contributed by atoms with Crippen molar-refractivity contribution in [2.75, 3.05) is 18.8 Å². The molecule has 1 saturated heterocycles. The predicted octanol–water partition coefficient (Wildman–Crippen LogP) is 1.23. The Morgan fingerprint density at radius 3 is 2.45 bits per heavy atom. The van der Waals surface area contributed by atoms with Crippen LogP contribution in [0.4, 0.5) is 5.69 Å². The number of carboxylic acids is 1. The van der Waals surface area contributed by atoms with Crippen LogP contribution in [0.1, 0.15) is 0 Å². The molecule has 7 nitrogen and oxygen atoms in total. The second kappa shape index (κ2) is 5.91. The van der Waals surface area contributed by atoms with Crippen LogP contribution >= 0.6 is 11.8 Å². The summed E-state index contributed by atoms with van der Waals surface area (Å²) in [6, 6.07) is 5.95. The number of thioether (sulfide) groups is 1. The van der Waals surface area contributed by atoms with Gasteiger partial charge >= 0.3 is 5.97 Å². The lowest BCUT2D eigenvalue weighted by molar-refractivity contribution is -0.384. The number of nitro benzene ring substituents is 1. The highest BCUT2D eigenvalue weighted by Gasteiger charge is 2.35. The molecule has 0 spiro atoms. The fraction of sp³-hybridized carbons (Fsp3) is 0.333. The summed E-state index contributed by atoms with van der Waals surface area (Å²) in [4.78, 5) is 34.6. The molecule has 1 aromatic rings. The lowest BCUT2D eigenvalue weighted by Crippen LogP contribution is -2.53. The second-order valence-corrected chi connectivity index (χ2v) is 5.42. The second-order valence-electron chi connectivity index (χ2n) is 4.37. The number of aliphatic carboxylic acids is 1. The van der Waals surface area contributed by atoms with E-state index in [4.69, 9.17) is 5.11 Å². The molecule has 1 amide bonds. The summed E-state index contributed by atoms with van der Waals surface area (Å²) in [6.07, 6.45) is 0. The topological polar surface area (TPSA) is 101 Å². The fourth-order valence-electron chi connectivity index (χ4n) is 1.74. The molecule has 1 aromatic carbocycles. The van der Waals surface area contributed by atoms with Crippen LogP contribution in [0.5, 0.6) is 0 Å². The van der Waals surface area contributed by atoms with Crippen molar-refractivity contribution in [2.45, 2.75) is 4.90 Å². The molecule has 8 heteroatoms. The van der Waals surface area contributed by atoms with Gasteiger partial charge in [0.1, 0.15) is 0 Å². The maximum atomic E-state index is 11.7. The Morgan fingerprint density at radius 1 is 1.35 bits per heavy atom. The van der Waals surface area contributed by atoms with E-state index in [-0.39, 0.29) is 30.4 Å². The van der Waals surface area contributed by atoms with Crippen molar-refractivity contribution in [1.29, 1.82) is 0 Å². The SMILES string of the molecule is O=C(O)C1CN(C(=O)CSc2ccc([N+](=O)[O-])cc2)C1. The number of nitrogens with zero attached hydrogens (tertiary/aromatic N) is 2. The Bertz CT molecular complexity index is 539. The number of amides is 1. The first-order valence-electron chi connectivity index (χ1n) is 5.85. The van der Waals surface area contributed by atoms with E-state index < -0.39 is 16.8 Å². The minimum Gasteiger partial charge on any atom is -0.481 e. The quantitative estimate of drug-likeness (QED) is 0.498. The highest BCUT2D eigenvalue weighted by atomic mass is 32.2. The Morgan fingerprint density at radius 2 is 1.95 bits per heavy atom. The number of carbonyl (C=O) groups is 2. The number of non-ortho nitro benzene ring substituents is 1. The molecule has 0 bridgehead atoms. The van der Waals surface area contributed by atoms with E-state index in [9.17, 15) is 19.7 Å². The average Bonchev–Trinajstić information content (AvgIpc) is 2.34. The molecule has 0 aromatic heterocycles. The van der Waals surface area contributed by atoms with Crippen molar-refractivity contribution in [3.05, 3.63) is 34.4 Å². The smallest absolute Gasteiger partial charge is 0.310 e. The van der Waals surface area contributed by atoms with Crippen molar-refractivity contribution in [3.63, 3.8) is 0 Å². The lowest BCUT2D eigenvalue weighted by atomic mass is 10.0. The van der Waals surface area contributed by atoms with Crippen LogP contribution in [0.2, 0.25) is 0 Å². The van der Waals surface area contributed by atoms with Crippen LogP contribution in [0.3, 0.4) is 0 Å². The number of hydrogen-bond acceptors (Lipinski definition) is 5. The highest BCUT2D eigenvalue weighted by molar-refractivity contribution is 8.00. The van der Waals surface area contributed by atoms with Gasteiger partial charge in [0, 0.05) is 30.1 Å². The molecule has 2 rings (SSSR count). The van der Waals surface area contributed by atoms with Gasteiger partial charge in [0.15, 0.2) is 0 Å². The molecule has 1 aliphatic rings. The third-order valence-electron chi connectivity index (χ3n) is 2.99. The van der Waals surface area contributed by atoms with Gasteiger partial charge in [0.25, 0.3) is 5.69 Å². The Balaban J connectivity index is 1.79. The van der Waals surface area contributed by atoms with Crippen LogP contribution in [-0.4, -0.2) is 45.6 Å². The van der Waals surface area contributed by atoms with E-state index in [0.717, 1.165) is 4.90 Å². The minimum atomic E-state index is -0.878. The molecule has 106 valence electrons. The number of likely N-dealkylation sites (tertiary alicyclic amines) is 1. The van der Waals surface area contributed by atoms with Crippen molar-refractivity contribution >= 4 is 29.3 Å². The van der Waals surface area contributed by atoms with Gasteiger partial charge < -0.3 is 10.0 Å². The monoisotopic (exact) mass is 296 g/mol. The Labute approximate surface area is 118 Å². The molecule has 0 radical (unpaired) electrons.